The lowest BCUT2D eigenvalue weighted by Gasteiger charge is -2.36. The Hall–Kier alpha value is -0.940. The Morgan fingerprint density at radius 1 is 1.57 bits per heavy atom. The van der Waals surface area contributed by atoms with Crippen LogP contribution in [-0.2, 0) is 14.8 Å². The second-order valence-electron chi connectivity index (χ2n) is 4.62. The van der Waals surface area contributed by atoms with Crippen LogP contribution in [0.1, 0.15) is 17.5 Å². The fraction of sp³-hybridized carbons (Fsp3) is 0.545. The van der Waals surface area contributed by atoms with Gasteiger partial charge in [-0.1, -0.05) is 0 Å². The topological polar surface area (TPSA) is 117 Å². The number of aromatic carboxylic acids is 1. The third kappa shape index (κ3) is 3.14. The minimum absolute atomic E-state index is 0.0139. The van der Waals surface area contributed by atoms with Crippen LogP contribution in [0.5, 0.6) is 0 Å². The number of carboxylic acid groups (broad SMARTS) is 1. The Morgan fingerprint density at radius 3 is 2.76 bits per heavy atom. The van der Waals surface area contributed by atoms with Crippen molar-refractivity contribution < 1.29 is 32.6 Å². The molecule has 0 aromatic carbocycles. The fourth-order valence-corrected chi connectivity index (χ4v) is 4.55. The summed E-state index contributed by atoms with van der Waals surface area (Å²) < 4.78 is 36.4. The van der Waals surface area contributed by atoms with E-state index in [4.69, 9.17) is 19.4 Å². The molecular weight excluding hydrogens is 370 g/mol. The van der Waals surface area contributed by atoms with Crippen LogP contribution >= 0.6 is 15.9 Å². The van der Waals surface area contributed by atoms with Gasteiger partial charge in [-0.3, -0.25) is 0 Å². The first kappa shape index (κ1) is 16.4. The molecule has 2 N–H and O–H groups in total. The summed E-state index contributed by atoms with van der Waals surface area (Å²) in [5, 5.41) is 18.0. The summed E-state index contributed by atoms with van der Waals surface area (Å²) in [4.78, 5) is 10.6. The first-order valence-electron chi connectivity index (χ1n) is 6.04. The number of carbonyl (C=O) groups is 1. The smallest absolute Gasteiger partial charge is 0.371 e. The van der Waals surface area contributed by atoms with Crippen molar-refractivity contribution in [3.8, 4) is 0 Å². The van der Waals surface area contributed by atoms with Crippen LogP contribution in [-0.4, -0.2) is 60.8 Å². The lowest BCUT2D eigenvalue weighted by atomic mass is 10.2. The Morgan fingerprint density at radius 2 is 2.24 bits per heavy atom. The molecule has 2 heterocycles. The minimum atomic E-state index is -3.96. The van der Waals surface area contributed by atoms with Crippen LogP contribution in [0.2, 0.25) is 0 Å². The molecule has 1 aromatic rings. The van der Waals surface area contributed by atoms with Crippen molar-refractivity contribution >= 4 is 31.9 Å². The van der Waals surface area contributed by atoms with Gasteiger partial charge in [0.25, 0.3) is 0 Å². The van der Waals surface area contributed by atoms with Crippen LogP contribution in [0.25, 0.3) is 0 Å². The monoisotopic (exact) mass is 383 g/mol. The van der Waals surface area contributed by atoms with Crippen molar-refractivity contribution in [2.24, 2.45) is 0 Å². The third-order valence-corrected chi connectivity index (χ3v) is 5.94. The zero-order valence-electron chi connectivity index (χ0n) is 11.0. The van der Waals surface area contributed by atoms with Crippen molar-refractivity contribution in [3.63, 3.8) is 0 Å². The maximum atomic E-state index is 12.6. The molecule has 1 saturated heterocycles. The van der Waals surface area contributed by atoms with E-state index in [1.165, 1.54) is 4.31 Å². The number of hydrogen-bond donors (Lipinski definition) is 2. The Balaban J connectivity index is 2.38. The van der Waals surface area contributed by atoms with Crippen molar-refractivity contribution in [3.05, 3.63) is 16.5 Å². The Labute approximate surface area is 129 Å². The van der Waals surface area contributed by atoms with Gasteiger partial charge in [0.15, 0.2) is 4.67 Å². The first-order chi connectivity index (χ1) is 9.77. The number of nitrogens with zero attached hydrogens (tertiary/aromatic N) is 1. The molecule has 8 nitrogen and oxygen atoms in total. The number of furan rings is 1. The van der Waals surface area contributed by atoms with E-state index in [2.05, 4.69) is 15.9 Å². The minimum Gasteiger partial charge on any atom is -0.475 e. The lowest BCUT2D eigenvalue weighted by molar-refractivity contribution is -0.0516. The molecule has 0 aliphatic carbocycles. The van der Waals surface area contributed by atoms with Crippen molar-refractivity contribution in [1.29, 1.82) is 0 Å². The molecule has 0 bridgehead atoms. The number of ether oxygens (including phenoxy) is 1. The predicted octanol–water partition coefficient (Wildman–Crippen LogP) is 0.511. The summed E-state index contributed by atoms with van der Waals surface area (Å²) >= 11 is 2.92. The predicted molar refractivity (Wildman–Crippen MR) is 73.5 cm³/mol. The van der Waals surface area contributed by atoms with Crippen LogP contribution in [0.3, 0.4) is 0 Å². The average molecular weight is 384 g/mol. The molecule has 1 aliphatic rings. The highest BCUT2D eigenvalue weighted by Gasteiger charge is 2.38. The lowest BCUT2D eigenvalue weighted by Crippen LogP contribution is -2.51. The Bertz CT molecular complexity index is 641. The van der Waals surface area contributed by atoms with Crippen LogP contribution < -0.4 is 0 Å². The molecule has 21 heavy (non-hydrogen) atoms. The number of morpholine rings is 1. The van der Waals surface area contributed by atoms with Gasteiger partial charge in [-0.25, -0.2) is 13.2 Å². The number of hydrogen-bond acceptors (Lipinski definition) is 6. The molecule has 0 spiro atoms. The number of carboxylic acids is 1. The molecule has 1 aromatic heterocycles. The van der Waals surface area contributed by atoms with E-state index in [1.54, 1.807) is 6.92 Å². The highest BCUT2D eigenvalue weighted by atomic mass is 79.9. The van der Waals surface area contributed by atoms with Crippen molar-refractivity contribution in [1.82, 2.24) is 4.31 Å². The highest BCUT2D eigenvalue weighted by Crippen LogP contribution is 2.31. The summed E-state index contributed by atoms with van der Waals surface area (Å²) in [7, 11) is -3.96. The first-order valence-corrected chi connectivity index (χ1v) is 8.27. The molecule has 0 saturated carbocycles. The summed E-state index contributed by atoms with van der Waals surface area (Å²) in [6, 6.07) is 0.519. The zero-order chi connectivity index (χ0) is 15.8. The van der Waals surface area contributed by atoms with Gasteiger partial charge in [0.05, 0.1) is 19.3 Å². The number of halogens is 1. The summed E-state index contributed by atoms with van der Waals surface area (Å²) in [5.74, 6) is -1.83. The molecule has 10 heteroatoms. The second-order valence-corrected chi connectivity index (χ2v) is 7.19. The highest BCUT2D eigenvalue weighted by molar-refractivity contribution is 9.10. The standard InChI is InChI=1S/C11H14BrNO7S/c1-6-5-19-7(4-14)3-13(6)21(17,18)9-2-8(11(15)16)20-10(9)12/h2,6-7,14H,3-5H2,1H3,(H,15,16). The second kappa shape index (κ2) is 6.05. The Kier molecular flexibility index (Phi) is 4.73. The normalized spacial score (nSPS) is 24.1. The van der Waals surface area contributed by atoms with Gasteiger partial charge in [-0.2, -0.15) is 4.31 Å². The molecule has 0 amide bonds. The molecule has 2 rings (SSSR count). The van der Waals surface area contributed by atoms with Crippen LogP contribution in [0.15, 0.2) is 20.0 Å². The van der Waals surface area contributed by atoms with E-state index in [1.807, 2.05) is 0 Å². The van der Waals surface area contributed by atoms with Crippen molar-refractivity contribution in [2.45, 2.75) is 24.0 Å². The number of sulfonamides is 1. The molecule has 1 fully saturated rings. The van der Waals surface area contributed by atoms with Crippen LogP contribution in [0.4, 0.5) is 0 Å². The van der Waals surface area contributed by atoms with Crippen molar-refractivity contribution in [2.75, 3.05) is 19.8 Å². The van der Waals surface area contributed by atoms with E-state index in [0.29, 0.717) is 0 Å². The van der Waals surface area contributed by atoms with Gasteiger partial charge < -0.3 is 19.4 Å². The molecule has 2 unspecified atom stereocenters. The molecule has 118 valence electrons. The summed E-state index contributed by atoms with van der Waals surface area (Å²) in [6.07, 6.45) is -0.611. The van der Waals surface area contributed by atoms with Crippen LogP contribution in [0, 0.1) is 0 Å². The maximum Gasteiger partial charge on any atom is 0.371 e. The molecule has 0 radical (unpaired) electrons. The number of rotatable bonds is 4. The average Bonchev–Trinajstić information content (AvgIpc) is 2.82. The quantitative estimate of drug-likeness (QED) is 0.777. The zero-order valence-corrected chi connectivity index (χ0v) is 13.4. The summed E-state index contributed by atoms with van der Waals surface area (Å²) in [5.41, 5.74) is 0. The fourth-order valence-electron chi connectivity index (χ4n) is 2.00. The van der Waals surface area contributed by atoms with Gasteiger partial charge in [-0.15, -0.1) is 0 Å². The van der Waals surface area contributed by atoms with Gasteiger partial charge in [0.1, 0.15) is 4.90 Å². The van der Waals surface area contributed by atoms with E-state index < -0.39 is 33.9 Å². The number of aliphatic hydroxyl groups is 1. The van der Waals surface area contributed by atoms with Gasteiger partial charge in [0.2, 0.25) is 15.8 Å². The number of aliphatic hydroxyl groups excluding tert-OH is 1. The molecule has 1 aliphatic heterocycles. The maximum absolute atomic E-state index is 12.6. The van der Waals surface area contributed by atoms with Gasteiger partial charge >= 0.3 is 5.97 Å². The van der Waals surface area contributed by atoms with E-state index in [0.717, 1.165) is 6.07 Å². The van der Waals surface area contributed by atoms with E-state index in [9.17, 15) is 13.2 Å². The SMILES string of the molecule is CC1COC(CO)CN1S(=O)(=O)c1cc(C(=O)O)oc1Br. The third-order valence-electron chi connectivity index (χ3n) is 3.10. The van der Waals surface area contributed by atoms with E-state index >= 15 is 0 Å². The largest absolute Gasteiger partial charge is 0.475 e. The van der Waals surface area contributed by atoms with Gasteiger partial charge in [-0.05, 0) is 22.9 Å². The van der Waals surface area contributed by atoms with Gasteiger partial charge in [0, 0.05) is 18.7 Å². The van der Waals surface area contributed by atoms with E-state index in [-0.39, 0.29) is 29.3 Å². The summed E-state index contributed by atoms with van der Waals surface area (Å²) in [6.45, 7) is 1.49. The molecular formula is C11H14BrNO7S. The molecule has 2 atom stereocenters.